The molecular weight excluding hydrogens is 212 g/mol. The number of hydrogen-bond acceptors (Lipinski definition) is 2. The highest BCUT2D eigenvalue weighted by Gasteiger charge is 2.46. The lowest BCUT2D eigenvalue weighted by Crippen LogP contribution is -2.45. The van der Waals surface area contributed by atoms with E-state index in [-0.39, 0.29) is 5.79 Å². The zero-order valence-corrected chi connectivity index (χ0v) is 10.0. The van der Waals surface area contributed by atoms with Crippen LogP contribution >= 0.6 is 0 Å². The second-order valence-corrected chi connectivity index (χ2v) is 4.88. The third-order valence-corrected chi connectivity index (χ3v) is 3.87. The van der Waals surface area contributed by atoms with Crippen LogP contribution in [0.2, 0.25) is 0 Å². The van der Waals surface area contributed by atoms with Gasteiger partial charge in [-0.3, -0.25) is 0 Å². The summed E-state index contributed by atoms with van der Waals surface area (Å²) in [7, 11) is 0. The largest absolute Gasteiger partial charge is 0.347 e. The molecule has 1 fully saturated rings. The summed E-state index contributed by atoms with van der Waals surface area (Å²) in [5.74, 6) is 0.0140. The van der Waals surface area contributed by atoms with Crippen LogP contribution in [0.4, 0.5) is 0 Å². The van der Waals surface area contributed by atoms with E-state index in [1.807, 2.05) is 6.08 Å². The fraction of sp³-hybridized carbons (Fsp3) is 0.467. The standard InChI is InChI=1S/C15H18O2/c1-2-5-14-10-12-6-3-4-7-13(12)11-15(14)16-8-9-17-15/h2-4,6-7,14H,1,5,8-11H2/t14-/m1/s1. The molecule has 2 nitrogen and oxygen atoms in total. The first-order valence-electron chi connectivity index (χ1n) is 6.30. The van der Waals surface area contributed by atoms with E-state index in [9.17, 15) is 0 Å². The van der Waals surface area contributed by atoms with Gasteiger partial charge in [0.15, 0.2) is 5.79 Å². The van der Waals surface area contributed by atoms with Crippen LogP contribution in [0.5, 0.6) is 0 Å². The molecule has 0 radical (unpaired) electrons. The lowest BCUT2D eigenvalue weighted by Gasteiger charge is -2.40. The number of hydrogen-bond donors (Lipinski definition) is 0. The molecule has 0 unspecified atom stereocenters. The van der Waals surface area contributed by atoms with E-state index in [1.165, 1.54) is 11.1 Å². The second kappa shape index (κ2) is 4.28. The quantitative estimate of drug-likeness (QED) is 0.727. The summed E-state index contributed by atoms with van der Waals surface area (Å²) in [6.07, 6.45) is 4.84. The van der Waals surface area contributed by atoms with Crippen LogP contribution in [0.1, 0.15) is 17.5 Å². The maximum Gasteiger partial charge on any atom is 0.175 e. The molecular formula is C15H18O2. The van der Waals surface area contributed by atoms with Gasteiger partial charge in [-0.25, -0.2) is 0 Å². The van der Waals surface area contributed by atoms with Crippen molar-refractivity contribution in [3.63, 3.8) is 0 Å². The third-order valence-electron chi connectivity index (χ3n) is 3.87. The van der Waals surface area contributed by atoms with Crippen molar-refractivity contribution in [1.29, 1.82) is 0 Å². The van der Waals surface area contributed by atoms with Gasteiger partial charge in [0.25, 0.3) is 0 Å². The molecule has 0 saturated carbocycles. The molecule has 3 rings (SSSR count). The zero-order chi connectivity index (χ0) is 11.7. The van der Waals surface area contributed by atoms with Crippen molar-refractivity contribution in [3.8, 4) is 0 Å². The molecule has 1 saturated heterocycles. The molecule has 1 spiro atoms. The summed E-state index contributed by atoms with van der Waals surface area (Å²) in [6, 6.07) is 8.60. The summed E-state index contributed by atoms with van der Waals surface area (Å²) < 4.78 is 11.9. The predicted octanol–water partition coefficient (Wildman–Crippen LogP) is 2.72. The summed E-state index contributed by atoms with van der Waals surface area (Å²) in [5, 5.41) is 0. The van der Waals surface area contributed by atoms with Gasteiger partial charge >= 0.3 is 0 Å². The minimum Gasteiger partial charge on any atom is -0.347 e. The van der Waals surface area contributed by atoms with Gasteiger partial charge in [-0.15, -0.1) is 6.58 Å². The Morgan fingerprint density at radius 1 is 1.24 bits per heavy atom. The van der Waals surface area contributed by atoms with Crippen molar-refractivity contribution in [3.05, 3.63) is 48.0 Å². The summed E-state index contributed by atoms with van der Waals surface area (Å²) in [4.78, 5) is 0. The molecule has 1 aliphatic carbocycles. The Balaban J connectivity index is 1.96. The van der Waals surface area contributed by atoms with Crippen molar-refractivity contribution in [2.75, 3.05) is 13.2 Å². The summed E-state index contributed by atoms with van der Waals surface area (Å²) in [5.41, 5.74) is 2.80. The van der Waals surface area contributed by atoms with Crippen LogP contribution in [0.3, 0.4) is 0 Å². The SMILES string of the molecule is C=CC[C@@H]1Cc2ccccc2CC12OCCO2. The molecule has 90 valence electrons. The molecule has 1 aromatic rings. The molecule has 0 N–H and O–H groups in total. The first kappa shape index (κ1) is 11.0. The zero-order valence-electron chi connectivity index (χ0n) is 10.0. The number of benzene rings is 1. The molecule has 0 aromatic heterocycles. The van der Waals surface area contributed by atoms with E-state index < -0.39 is 0 Å². The lowest BCUT2D eigenvalue weighted by molar-refractivity contribution is -0.197. The molecule has 2 aliphatic rings. The van der Waals surface area contributed by atoms with Crippen LogP contribution in [-0.4, -0.2) is 19.0 Å². The van der Waals surface area contributed by atoms with Gasteiger partial charge in [-0.05, 0) is 24.0 Å². The Kier molecular flexibility index (Phi) is 2.77. The van der Waals surface area contributed by atoms with Crippen LogP contribution < -0.4 is 0 Å². The highest BCUT2D eigenvalue weighted by atomic mass is 16.7. The number of fused-ring (bicyclic) bond motifs is 1. The van der Waals surface area contributed by atoms with Gasteiger partial charge < -0.3 is 9.47 Å². The fourth-order valence-electron chi connectivity index (χ4n) is 3.03. The Bertz CT molecular complexity index is 419. The Labute approximate surface area is 102 Å². The van der Waals surface area contributed by atoms with Crippen LogP contribution in [-0.2, 0) is 22.3 Å². The smallest absolute Gasteiger partial charge is 0.175 e. The molecule has 2 heteroatoms. The number of rotatable bonds is 2. The maximum absolute atomic E-state index is 5.93. The van der Waals surface area contributed by atoms with Crippen molar-refractivity contribution in [1.82, 2.24) is 0 Å². The van der Waals surface area contributed by atoms with Crippen molar-refractivity contribution < 1.29 is 9.47 Å². The molecule has 1 aromatic carbocycles. The third kappa shape index (κ3) is 1.81. The van der Waals surface area contributed by atoms with Crippen LogP contribution in [0, 0.1) is 5.92 Å². The molecule has 1 aliphatic heterocycles. The predicted molar refractivity (Wildman–Crippen MR) is 66.8 cm³/mol. The van der Waals surface area contributed by atoms with Crippen molar-refractivity contribution >= 4 is 0 Å². The molecule has 1 heterocycles. The minimum absolute atomic E-state index is 0.386. The van der Waals surface area contributed by atoms with E-state index in [0.29, 0.717) is 5.92 Å². The average Bonchev–Trinajstić information content (AvgIpc) is 2.80. The molecule has 1 atom stereocenters. The van der Waals surface area contributed by atoms with Gasteiger partial charge in [0.2, 0.25) is 0 Å². The Morgan fingerprint density at radius 3 is 2.65 bits per heavy atom. The Morgan fingerprint density at radius 2 is 1.94 bits per heavy atom. The van der Waals surface area contributed by atoms with E-state index in [1.54, 1.807) is 0 Å². The highest BCUT2D eigenvalue weighted by molar-refractivity contribution is 5.32. The molecule has 17 heavy (non-hydrogen) atoms. The average molecular weight is 230 g/mol. The number of allylic oxidation sites excluding steroid dienone is 1. The highest BCUT2D eigenvalue weighted by Crippen LogP contribution is 2.41. The second-order valence-electron chi connectivity index (χ2n) is 4.88. The summed E-state index contributed by atoms with van der Waals surface area (Å²) in [6.45, 7) is 5.29. The van der Waals surface area contributed by atoms with Gasteiger partial charge in [-0.1, -0.05) is 30.3 Å². The first-order valence-corrected chi connectivity index (χ1v) is 6.30. The Hall–Kier alpha value is -1.12. The van der Waals surface area contributed by atoms with Gasteiger partial charge in [0.05, 0.1) is 13.2 Å². The van der Waals surface area contributed by atoms with E-state index in [2.05, 4.69) is 30.8 Å². The topological polar surface area (TPSA) is 18.5 Å². The van der Waals surface area contributed by atoms with Crippen LogP contribution in [0.25, 0.3) is 0 Å². The summed E-state index contributed by atoms with van der Waals surface area (Å²) >= 11 is 0. The van der Waals surface area contributed by atoms with E-state index in [0.717, 1.165) is 32.5 Å². The van der Waals surface area contributed by atoms with Gasteiger partial charge in [0.1, 0.15) is 0 Å². The van der Waals surface area contributed by atoms with Gasteiger partial charge in [0, 0.05) is 12.3 Å². The molecule has 0 amide bonds. The normalized spacial score (nSPS) is 25.8. The van der Waals surface area contributed by atoms with Crippen molar-refractivity contribution in [2.24, 2.45) is 5.92 Å². The lowest BCUT2D eigenvalue weighted by atomic mass is 9.77. The van der Waals surface area contributed by atoms with E-state index >= 15 is 0 Å². The van der Waals surface area contributed by atoms with Gasteiger partial charge in [-0.2, -0.15) is 0 Å². The van der Waals surface area contributed by atoms with Crippen LogP contribution in [0.15, 0.2) is 36.9 Å². The fourth-order valence-corrected chi connectivity index (χ4v) is 3.03. The van der Waals surface area contributed by atoms with Crippen molar-refractivity contribution in [2.45, 2.75) is 25.0 Å². The molecule has 0 bridgehead atoms. The number of ether oxygens (including phenoxy) is 2. The minimum atomic E-state index is -0.386. The van der Waals surface area contributed by atoms with E-state index in [4.69, 9.17) is 9.47 Å². The first-order chi connectivity index (χ1) is 8.34. The monoisotopic (exact) mass is 230 g/mol. The maximum atomic E-state index is 5.93.